The Morgan fingerprint density at radius 2 is 2.33 bits per heavy atom. The number of aliphatic hydroxyl groups is 1. The first-order valence-corrected chi connectivity index (χ1v) is 5.89. The summed E-state index contributed by atoms with van der Waals surface area (Å²) < 4.78 is 0.793. The van der Waals surface area contributed by atoms with E-state index < -0.39 is 5.60 Å². The minimum absolute atomic E-state index is 0.455. The Kier molecular flexibility index (Phi) is 4.37. The summed E-state index contributed by atoms with van der Waals surface area (Å²) >= 11 is 9.11. The van der Waals surface area contributed by atoms with E-state index in [1.54, 1.807) is 19.2 Å². The molecule has 0 aliphatic heterocycles. The molecule has 0 saturated carbocycles. The highest BCUT2D eigenvalue weighted by Gasteiger charge is 2.17. The average Bonchev–Trinajstić information content (AvgIpc) is 2.16. The molecule has 0 radical (unpaired) electrons. The number of aromatic nitrogens is 1. The van der Waals surface area contributed by atoms with Crippen molar-refractivity contribution in [3.05, 3.63) is 21.8 Å². The van der Waals surface area contributed by atoms with E-state index in [2.05, 4.69) is 26.2 Å². The Hall–Kier alpha value is -0.320. The van der Waals surface area contributed by atoms with E-state index in [4.69, 9.17) is 11.6 Å². The van der Waals surface area contributed by atoms with Crippen LogP contribution in [-0.4, -0.2) is 22.2 Å². The maximum absolute atomic E-state index is 9.80. The van der Waals surface area contributed by atoms with E-state index in [9.17, 15) is 5.11 Å². The molecule has 0 aliphatic rings. The molecule has 0 amide bonds. The van der Waals surface area contributed by atoms with Crippen molar-refractivity contribution in [1.29, 1.82) is 0 Å². The highest BCUT2D eigenvalue weighted by molar-refractivity contribution is 9.10. The number of hydrogen-bond donors (Lipinski definition) is 2. The van der Waals surface area contributed by atoms with E-state index in [0.717, 1.165) is 4.47 Å². The third-order valence-electron chi connectivity index (χ3n) is 2.21. The van der Waals surface area contributed by atoms with Gasteiger partial charge in [0.2, 0.25) is 0 Å². The van der Waals surface area contributed by atoms with Crippen molar-refractivity contribution in [2.24, 2.45) is 0 Å². The van der Waals surface area contributed by atoms with Gasteiger partial charge in [0.05, 0.1) is 15.1 Å². The van der Waals surface area contributed by atoms with E-state index in [0.29, 0.717) is 23.8 Å². The van der Waals surface area contributed by atoms with Gasteiger partial charge >= 0.3 is 0 Å². The van der Waals surface area contributed by atoms with Gasteiger partial charge in [-0.05, 0) is 35.3 Å². The Balaban J connectivity index is 2.66. The molecule has 0 bridgehead atoms. The molecule has 1 heterocycles. The van der Waals surface area contributed by atoms with Crippen molar-refractivity contribution in [2.75, 3.05) is 11.9 Å². The molecule has 1 aromatic heterocycles. The zero-order chi connectivity index (χ0) is 11.5. The normalized spacial score (nSPS) is 14.7. The van der Waals surface area contributed by atoms with E-state index in [1.807, 2.05) is 6.92 Å². The van der Waals surface area contributed by atoms with Crippen LogP contribution in [0.5, 0.6) is 0 Å². The van der Waals surface area contributed by atoms with Crippen LogP contribution >= 0.6 is 27.5 Å². The summed E-state index contributed by atoms with van der Waals surface area (Å²) in [6.45, 7) is 4.17. The number of pyridine rings is 1. The summed E-state index contributed by atoms with van der Waals surface area (Å²) in [5.74, 6) is 0.688. The molecule has 0 saturated heterocycles. The molecule has 84 valence electrons. The van der Waals surface area contributed by atoms with Gasteiger partial charge in [-0.3, -0.25) is 0 Å². The quantitative estimate of drug-likeness (QED) is 0.897. The van der Waals surface area contributed by atoms with Gasteiger partial charge in [-0.2, -0.15) is 0 Å². The fourth-order valence-corrected chi connectivity index (χ4v) is 1.72. The van der Waals surface area contributed by atoms with Gasteiger partial charge in [0.25, 0.3) is 0 Å². The van der Waals surface area contributed by atoms with Crippen LogP contribution in [0.25, 0.3) is 0 Å². The standard InChI is InChI=1S/C10H14BrClN2O/c1-3-10(2,15)6-14-9-8(11)4-7(12)5-13-9/h4-5,15H,3,6H2,1-2H3,(H,13,14). The molecule has 0 aromatic carbocycles. The minimum Gasteiger partial charge on any atom is -0.388 e. The molecule has 0 aliphatic carbocycles. The van der Waals surface area contributed by atoms with Crippen molar-refractivity contribution in [1.82, 2.24) is 4.98 Å². The number of halogens is 2. The molecule has 1 atom stereocenters. The SMILES string of the molecule is CCC(C)(O)CNc1ncc(Cl)cc1Br. The molecule has 0 fully saturated rings. The average molecular weight is 294 g/mol. The van der Waals surface area contributed by atoms with Gasteiger partial charge in [0.1, 0.15) is 5.82 Å². The largest absolute Gasteiger partial charge is 0.388 e. The molecule has 5 heteroatoms. The molecule has 2 N–H and O–H groups in total. The number of anilines is 1. The van der Waals surface area contributed by atoms with E-state index in [-0.39, 0.29) is 0 Å². The predicted molar refractivity (Wildman–Crippen MR) is 66.4 cm³/mol. The summed E-state index contributed by atoms with van der Waals surface area (Å²) in [4.78, 5) is 4.11. The lowest BCUT2D eigenvalue weighted by molar-refractivity contribution is 0.0696. The maximum atomic E-state index is 9.80. The lowest BCUT2D eigenvalue weighted by atomic mass is 10.0. The Bertz CT molecular complexity index is 344. The van der Waals surface area contributed by atoms with Crippen LogP contribution < -0.4 is 5.32 Å². The molecule has 3 nitrogen and oxygen atoms in total. The lowest BCUT2D eigenvalue weighted by Gasteiger charge is -2.22. The second-order valence-corrected chi connectivity index (χ2v) is 4.98. The first kappa shape index (κ1) is 12.7. The summed E-state index contributed by atoms with van der Waals surface area (Å²) in [6.07, 6.45) is 2.25. The van der Waals surface area contributed by atoms with Crippen molar-refractivity contribution in [3.8, 4) is 0 Å². The zero-order valence-electron chi connectivity index (χ0n) is 8.72. The van der Waals surface area contributed by atoms with Crippen molar-refractivity contribution >= 4 is 33.3 Å². The zero-order valence-corrected chi connectivity index (χ0v) is 11.1. The summed E-state index contributed by atoms with van der Waals surface area (Å²) in [5.41, 5.74) is -0.721. The topological polar surface area (TPSA) is 45.1 Å². The lowest BCUT2D eigenvalue weighted by Crippen LogP contribution is -2.32. The maximum Gasteiger partial charge on any atom is 0.140 e. The predicted octanol–water partition coefficient (Wildman–Crippen LogP) is 3.07. The second kappa shape index (κ2) is 5.14. The van der Waals surface area contributed by atoms with Crippen LogP contribution in [0.3, 0.4) is 0 Å². The molecule has 1 rings (SSSR count). The number of nitrogens with zero attached hydrogens (tertiary/aromatic N) is 1. The number of nitrogens with one attached hydrogen (secondary N) is 1. The molecule has 1 aromatic rings. The summed E-state index contributed by atoms with van der Waals surface area (Å²) in [7, 11) is 0. The van der Waals surface area contributed by atoms with Crippen LogP contribution in [0.4, 0.5) is 5.82 Å². The molecular weight excluding hydrogens is 279 g/mol. The summed E-state index contributed by atoms with van der Waals surface area (Å²) in [6, 6.07) is 1.76. The number of hydrogen-bond acceptors (Lipinski definition) is 3. The Labute approximate surface area is 103 Å². The van der Waals surface area contributed by atoms with Crippen molar-refractivity contribution < 1.29 is 5.11 Å². The van der Waals surface area contributed by atoms with E-state index in [1.165, 1.54) is 0 Å². The van der Waals surface area contributed by atoms with Crippen LogP contribution in [0.2, 0.25) is 5.02 Å². The first-order chi connectivity index (χ1) is 6.94. The van der Waals surface area contributed by atoms with E-state index >= 15 is 0 Å². The van der Waals surface area contributed by atoms with Crippen LogP contribution in [-0.2, 0) is 0 Å². The van der Waals surface area contributed by atoms with Crippen LogP contribution in [0, 0.1) is 0 Å². The van der Waals surface area contributed by atoms with Crippen molar-refractivity contribution in [2.45, 2.75) is 25.9 Å². The second-order valence-electron chi connectivity index (χ2n) is 3.69. The molecule has 0 spiro atoms. The smallest absolute Gasteiger partial charge is 0.140 e. The molecule has 15 heavy (non-hydrogen) atoms. The van der Waals surface area contributed by atoms with Gasteiger partial charge in [-0.25, -0.2) is 4.98 Å². The van der Waals surface area contributed by atoms with Crippen LogP contribution in [0.1, 0.15) is 20.3 Å². The fourth-order valence-electron chi connectivity index (χ4n) is 0.944. The van der Waals surface area contributed by atoms with Gasteiger partial charge in [-0.15, -0.1) is 0 Å². The van der Waals surface area contributed by atoms with Gasteiger partial charge < -0.3 is 10.4 Å². The highest BCUT2D eigenvalue weighted by Crippen LogP contribution is 2.23. The van der Waals surface area contributed by atoms with Crippen LogP contribution in [0.15, 0.2) is 16.7 Å². The van der Waals surface area contributed by atoms with Gasteiger partial charge in [0.15, 0.2) is 0 Å². The monoisotopic (exact) mass is 292 g/mol. The third kappa shape index (κ3) is 3.97. The Morgan fingerprint density at radius 1 is 1.67 bits per heavy atom. The first-order valence-electron chi connectivity index (χ1n) is 4.72. The fraction of sp³-hybridized carbons (Fsp3) is 0.500. The Morgan fingerprint density at radius 3 is 2.87 bits per heavy atom. The van der Waals surface area contributed by atoms with Crippen molar-refractivity contribution in [3.63, 3.8) is 0 Å². The number of rotatable bonds is 4. The summed E-state index contributed by atoms with van der Waals surface area (Å²) in [5, 5.41) is 13.4. The van der Waals surface area contributed by atoms with Gasteiger partial charge in [0, 0.05) is 12.7 Å². The molecule has 1 unspecified atom stereocenters. The molecular formula is C10H14BrClN2O. The highest BCUT2D eigenvalue weighted by atomic mass is 79.9. The van der Waals surface area contributed by atoms with Gasteiger partial charge in [-0.1, -0.05) is 18.5 Å². The minimum atomic E-state index is -0.721. The third-order valence-corrected chi connectivity index (χ3v) is 3.02.